The molecular weight excluding hydrogens is 311 g/mol. The van der Waals surface area contributed by atoms with Crippen molar-refractivity contribution in [2.45, 2.75) is 114 Å². The van der Waals surface area contributed by atoms with Gasteiger partial charge >= 0.3 is 51.4 Å². The largest absolute Gasteiger partial charge is 1.00 e. The van der Waals surface area contributed by atoms with Crippen LogP contribution in [0.4, 0.5) is 0 Å². The molecule has 2 nitrogen and oxygen atoms in total. The van der Waals surface area contributed by atoms with Gasteiger partial charge in [-0.2, -0.15) is 20.8 Å². The summed E-state index contributed by atoms with van der Waals surface area (Å²) in [7, 11) is 0. The van der Waals surface area contributed by atoms with Crippen LogP contribution < -0.4 is 51.4 Å². The van der Waals surface area contributed by atoms with E-state index in [-0.39, 0.29) is 62.2 Å². The first-order valence-corrected chi connectivity index (χ1v) is 8.36. The SMILES string of the molecule is CC(C)(C)CC(C)(C)O.CC(C)(C)CC(C)(C)O.C[C-](C)C.[K+]. The Labute approximate surface area is 190 Å². The summed E-state index contributed by atoms with van der Waals surface area (Å²) in [5.74, 6) is 1.42. The van der Waals surface area contributed by atoms with Gasteiger partial charge in [-0.05, 0) is 51.4 Å². The van der Waals surface area contributed by atoms with Crippen molar-refractivity contribution in [2.24, 2.45) is 10.8 Å². The molecule has 0 bridgehead atoms. The summed E-state index contributed by atoms with van der Waals surface area (Å²) in [6.07, 6.45) is 1.69. The van der Waals surface area contributed by atoms with Crippen LogP contribution in [0.2, 0.25) is 0 Å². The van der Waals surface area contributed by atoms with Gasteiger partial charge in [0.2, 0.25) is 0 Å². The maximum absolute atomic E-state index is 9.35. The Hall–Kier alpha value is 1.56. The van der Waals surface area contributed by atoms with Gasteiger partial charge in [-0.15, -0.1) is 0 Å². The molecule has 0 atom stereocenters. The van der Waals surface area contributed by atoms with E-state index in [0.717, 1.165) is 12.8 Å². The normalized spacial score (nSPS) is 12.5. The molecule has 0 heterocycles. The molecule has 0 rings (SSSR count). The van der Waals surface area contributed by atoms with E-state index in [9.17, 15) is 10.2 Å². The summed E-state index contributed by atoms with van der Waals surface area (Å²) in [5, 5.41) is 18.7. The molecule has 0 radical (unpaired) electrons. The number of rotatable bonds is 2. The molecule has 3 heteroatoms. The molecular formula is C20H45KO2. The van der Waals surface area contributed by atoms with Crippen LogP contribution in [0.1, 0.15) is 103 Å². The molecule has 0 fully saturated rings. The van der Waals surface area contributed by atoms with Crippen LogP contribution in [-0.2, 0) is 0 Å². The quantitative estimate of drug-likeness (QED) is 0.590. The molecule has 0 aliphatic rings. The second kappa shape index (κ2) is 12.8. The summed E-state index contributed by atoms with van der Waals surface area (Å²) in [4.78, 5) is 0. The van der Waals surface area contributed by atoms with Gasteiger partial charge in [0.1, 0.15) is 0 Å². The third-order valence-electron chi connectivity index (χ3n) is 1.93. The maximum atomic E-state index is 9.35. The van der Waals surface area contributed by atoms with Gasteiger partial charge in [-0.3, -0.25) is 0 Å². The summed E-state index contributed by atoms with van der Waals surface area (Å²) in [6.45, 7) is 26.4. The maximum Gasteiger partial charge on any atom is 1.00 e. The average Bonchev–Trinajstić information content (AvgIpc) is 1.84. The van der Waals surface area contributed by atoms with Crippen molar-refractivity contribution in [3.63, 3.8) is 0 Å². The molecule has 0 saturated heterocycles. The monoisotopic (exact) mass is 356 g/mol. The van der Waals surface area contributed by atoms with Crippen molar-refractivity contribution in [2.75, 3.05) is 0 Å². The Kier molecular flexibility index (Phi) is 18.0. The summed E-state index contributed by atoms with van der Waals surface area (Å²) in [5.41, 5.74) is -0.562. The van der Waals surface area contributed by atoms with Crippen LogP contribution >= 0.6 is 0 Å². The molecule has 0 unspecified atom stereocenters. The van der Waals surface area contributed by atoms with E-state index < -0.39 is 11.2 Å². The third kappa shape index (κ3) is 59.6. The third-order valence-corrected chi connectivity index (χ3v) is 1.93. The fourth-order valence-electron chi connectivity index (χ4n) is 2.60. The Morgan fingerprint density at radius 2 is 0.696 bits per heavy atom. The standard InChI is InChI=1S/2C8H18O.C4H9.K/c2*1-7(2,3)6-8(4,5)9;1-4(2)3;/h2*9H,6H2,1-5H3;1-3H3;/q;;-1;+1. The summed E-state index contributed by atoms with van der Waals surface area (Å²) < 4.78 is 0. The molecule has 0 aliphatic carbocycles. The second-order valence-corrected chi connectivity index (χ2v) is 10.6. The Balaban J connectivity index is -0.000000124. The molecule has 0 amide bonds. The van der Waals surface area contributed by atoms with Crippen LogP contribution in [0.5, 0.6) is 0 Å². The van der Waals surface area contributed by atoms with Crippen LogP contribution in [-0.4, -0.2) is 21.4 Å². The van der Waals surface area contributed by atoms with E-state index in [2.05, 4.69) is 62.3 Å². The van der Waals surface area contributed by atoms with E-state index in [4.69, 9.17) is 0 Å². The molecule has 2 N–H and O–H groups in total. The topological polar surface area (TPSA) is 40.5 Å². The van der Waals surface area contributed by atoms with Crippen molar-refractivity contribution in [3.05, 3.63) is 5.92 Å². The van der Waals surface area contributed by atoms with Gasteiger partial charge < -0.3 is 16.1 Å². The molecule has 0 aromatic carbocycles. The smallest absolute Gasteiger partial charge is 0.390 e. The molecule has 23 heavy (non-hydrogen) atoms. The zero-order valence-electron chi connectivity index (χ0n) is 18.8. The van der Waals surface area contributed by atoms with Crippen molar-refractivity contribution >= 4 is 0 Å². The number of hydrogen-bond acceptors (Lipinski definition) is 2. The molecule has 0 spiro atoms. The van der Waals surface area contributed by atoms with Crippen LogP contribution in [0, 0.1) is 16.7 Å². The summed E-state index contributed by atoms with van der Waals surface area (Å²) >= 11 is 0. The van der Waals surface area contributed by atoms with E-state index in [0.29, 0.717) is 0 Å². The van der Waals surface area contributed by atoms with E-state index in [1.54, 1.807) is 0 Å². The van der Waals surface area contributed by atoms with Gasteiger partial charge in [-0.25, -0.2) is 0 Å². The zero-order chi connectivity index (χ0) is 19.0. The second-order valence-electron chi connectivity index (χ2n) is 10.6. The summed E-state index contributed by atoms with van der Waals surface area (Å²) in [6, 6.07) is 0. The first kappa shape index (κ1) is 32.2. The van der Waals surface area contributed by atoms with Gasteiger partial charge in [0, 0.05) is 0 Å². The van der Waals surface area contributed by atoms with Gasteiger partial charge in [0.15, 0.2) is 0 Å². The van der Waals surface area contributed by atoms with Crippen LogP contribution in [0.15, 0.2) is 0 Å². The average molecular weight is 357 g/mol. The number of aliphatic hydroxyl groups is 2. The molecule has 0 aliphatic heterocycles. The minimum Gasteiger partial charge on any atom is -0.390 e. The van der Waals surface area contributed by atoms with E-state index in [1.807, 2.05) is 27.7 Å². The Morgan fingerprint density at radius 3 is 0.696 bits per heavy atom. The predicted octanol–water partition coefficient (Wildman–Crippen LogP) is 3.01. The van der Waals surface area contributed by atoms with E-state index in [1.165, 1.54) is 5.92 Å². The van der Waals surface area contributed by atoms with Crippen molar-refractivity contribution in [1.82, 2.24) is 0 Å². The molecule has 0 aromatic rings. The fourth-order valence-corrected chi connectivity index (χ4v) is 2.60. The van der Waals surface area contributed by atoms with Crippen molar-refractivity contribution in [1.29, 1.82) is 0 Å². The minimum atomic E-state index is -0.516. The van der Waals surface area contributed by atoms with Gasteiger partial charge in [0.05, 0.1) is 11.2 Å². The van der Waals surface area contributed by atoms with Crippen molar-refractivity contribution < 1.29 is 61.6 Å². The molecule has 0 aromatic heterocycles. The van der Waals surface area contributed by atoms with Crippen LogP contribution in [0.25, 0.3) is 0 Å². The molecule has 0 saturated carbocycles. The number of hydrogen-bond donors (Lipinski definition) is 2. The first-order chi connectivity index (χ1) is 9.15. The Bertz CT molecular complexity index is 205. The minimum absolute atomic E-state index is 0. The molecule has 138 valence electrons. The predicted molar refractivity (Wildman–Crippen MR) is 101 cm³/mol. The zero-order valence-corrected chi connectivity index (χ0v) is 21.9. The first-order valence-electron chi connectivity index (χ1n) is 8.36. The van der Waals surface area contributed by atoms with Gasteiger partial charge in [0.25, 0.3) is 0 Å². The van der Waals surface area contributed by atoms with Gasteiger partial charge in [-0.1, -0.05) is 41.5 Å². The van der Waals surface area contributed by atoms with Crippen molar-refractivity contribution in [3.8, 4) is 0 Å². The van der Waals surface area contributed by atoms with Crippen LogP contribution in [0.3, 0.4) is 0 Å². The Morgan fingerprint density at radius 1 is 0.565 bits per heavy atom. The fraction of sp³-hybridized carbons (Fsp3) is 0.950. The van der Waals surface area contributed by atoms with E-state index >= 15 is 0 Å².